The van der Waals surface area contributed by atoms with E-state index in [4.69, 9.17) is 0 Å². The summed E-state index contributed by atoms with van der Waals surface area (Å²) >= 11 is 6.60. The van der Waals surface area contributed by atoms with E-state index in [1.165, 1.54) is 0 Å². The summed E-state index contributed by atoms with van der Waals surface area (Å²) in [5.74, 6) is 0.0640. The van der Waals surface area contributed by atoms with Crippen molar-refractivity contribution in [1.29, 1.82) is 0 Å². The average molecular weight is 414 g/mol. The number of halogens is 2. The molecule has 0 unspecified atom stereocenters. The van der Waals surface area contributed by atoms with Crippen LogP contribution in [0.4, 0.5) is 5.69 Å². The summed E-state index contributed by atoms with van der Waals surface area (Å²) in [7, 11) is 1.61. The van der Waals surface area contributed by atoms with Gasteiger partial charge in [-0.15, -0.1) is 0 Å². The average Bonchev–Trinajstić information content (AvgIpc) is 2.50. The molecule has 0 aliphatic carbocycles. The van der Waals surface area contributed by atoms with Crippen molar-refractivity contribution < 1.29 is 9.90 Å². The van der Waals surface area contributed by atoms with Crippen LogP contribution in [0.15, 0.2) is 45.3 Å². The first kappa shape index (κ1) is 15.9. The first-order chi connectivity index (χ1) is 10.0. The Balaban J connectivity index is 2.11. The van der Waals surface area contributed by atoms with Crippen LogP contribution in [0.25, 0.3) is 0 Å². The molecule has 0 fully saturated rings. The van der Waals surface area contributed by atoms with E-state index in [9.17, 15) is 9.90 Å². The van der Waals surface area contributed by atoms with Gasteiger partial charge in [-0.2, -0.15) is 0 Å². The zero-order valence-corrected chi connectivity index (χ0v) is 14.5. The monoisotopic (exact) mass is 412 g/mol. The Morgan fingerprint density at radius 2 is 1.86 bits per heavy atom. The fraction of sp³-hybridized carbons (Fsp3) is 0.133. The molecule has 0 aliphatic rings. The third-order valence-electron chi connectivity index (χ3n) is 2.93. The highest BCUT2D eigenvalue weighted by Crippen LogP contribution is 2.33. The van der Waals surface area contributed by atoms with E-state index in [-0.39, 0.29) is 11.7 Å². The van der Waals surface area contributed by atoms with Gasteiger partial charge in [-0.05, 0) is 67.8 Å². The summed E-state index contributed by atoms with van der Waals surface area (Å²) in [6.07, 6.45) is 0. The highest BCUT2D eigenvalue weighted by Gasteiger charge is 2.07. The van der Waals surface area contributed by atoms with Gasteiger partial charge in [-0.25, -0.2) is 0 Å². The standard InChI is InChI=1S/C15H14Br2N2O2/c1-18-15(21)10-3-2-4-11(7-10)19-8-9-5-12(16)14(20)13(17)6-9/h2-7,19-20H,8H2,1H3,(H,18,21). The summed E-state index contributed by atoms with van der Waals surface area (Å²) in [4.78, 5) is 11.6. The molecule has 1 amide bonds. The summed E-state index contributed by atoms with van der Waals surface area (Å²) in [5.41, 5.74) is 2.46. The Morgan fingerprint density at radius 1 is 1.19 bits per heavy atom. The first-order valence-electron chi connectivity index (χ1n) is 6.24. The van der Waals surface area contributed by atoms with E-state index in [1.54, 1.807) is 19.2 Å². The number of phenols is 1. The molecule has 21 heavy (non-hydrogen) atoms. The second-order valence-corrected chi connectivity index (χ2v) is 6.13. The molecule has 0 atom stereocenters. The molecule has 0 aromatic heterocycles. The van der Waals surface area contributed by atoms with Crippen LogP contribution < -0.4 is 10.6 Å². The van der Waals surface area contributed by atoms with Crippen LogP contribution in [-0.2, 0) is 6.54 Å². The SMILES string of the molecule is CNC(=O)c1cccc(NCc2cc(Br)c(O)c(Br)c2)c1. The van der Waals surface area contributed by atoms with Gasteiger partial charge in [0.2, 0.25) is 0 Å². The Bertz CT molecular complexity index is 651. The van der Waals surface area contributed by atoms with Gasteiger partial charge in [0.25, 0.3) is 5.91 Å². The van der Waals surface area contributed by atoms with Crippen LogP contribution in [0.2, 0.25) is 0 Å². The molecule has 4 nitrogen and oxygen atoms in total. The molecular formula is C15H14Br2N2O2. The molecule has 0 bridgehead atoms. The number of anilines is 1. The molecule has 0 aliphatic heterocycles. The number of benzene rings is 2. The molecule has 0 heterocycles. The van der Waals surface area contributed by atoms with Crippen LogP contribution in [0.3, 0.4) is 0 Å². The van der Waals surface area contributed by atoms with E-state index in [1.807, 2.05) is 24.3 Å². The number of rotatable bonds is 4. The molecule has 110 valence electrons. The van der Waals surface area contributed by atoms with Crippen LogP contribution in [0, 0.1) is 0 Å². The van der Waals surface area contributed by atoms with Gasteiger partial charge >= 0.3 is 0 Å². The van der Waals surface area contributed by atoms with Crippen LogP contribution in [0.1, 0.15) is 15.9 Å². The van der Waals surface area contributed by atoms with Crippen molar-refractivity contribution in [2.45, 2.75) is 6.54 Å². The van der Waals surface area contributed by atoms with Crippen molar-refractivity contribution in [1.82, 2.24) is 5.32 Å². The van der Waals surface area contributed by atoms with Gasteiger partial charge in [0.15, 0.2) is 0 Å². The Kier molecular flexibility index (Phi) is 5.25. The zero-order valence-electron chi connectivity index (χ0n) is 11.3. The second-order valence-electron chi connectivity index (χ2n) is 4.42. The minimum Gasteiger partial charge on any atom is -0.506 e. The number of phenolic OH excluding ortho intramolecular Hbond substituents is 1. The first-order valence-corrected chi connectivity index (χ1v) is 7.82. The maximum atomic E-state index is 11.6. The molecule has 2 rings (SSSR count). The van der Waals surface area contributed by atoms with E-state index >= 15 is 0 Å². The van der Waals surface area contributed by atoms with Crippen molar-refractivity contribution in [3.05, 3.63) is 56.5 Å². The smallest absolute Gasteiger partial charge is 0.251 e. The number of nitrogens with one attached hydrogen (secondary N) is 2. The fourth-order valence-electron chi connectivity index (χ4n) is 1.84. The zero-order chi connectivity index (χ0) is 15.4. The number of aromatic hydroxyl groups is 1. The Labute approximate surface area is 139 Å². The number of carbonyl (C=O) groups is 1. The molecule has 0 spiro atoms. The predicted octanol–water partition coefficient (Wildman–Crippen LogP) is 3.89. The summed E-state index contributed by atoms with van der Waals surface area (Å²) < 4.78 is 1.26. The van der Waals surface area contributed by atoms with Crippen molar-refractivity contribution in [2.24, 2.45) is 0 Å². The minimum atomic E-state index is -0.117. The van der Waals surface area contributed by atoms with Crippen molar-refractivity contribution in [3.8, 4) is 5.75 Å². The lowest BCUT2D eigenvalue weighted by Crippen LogP contribution is -2.17. The van der Waals surface area contributed by atoms with E-state index in [0.717, 1.165) is 11.3 Å². The largest absolute Gasteiger partial charge is 0.506 e. The molecule has 0 saturated heterocycles. The minimum absolute atomic E-state index is 0.117. The lowest BCUT2D eigenvalue weighted by atomic mass is 10.1. The maximum absolute atomic E-state index is 11.6. The number of carbonyl (C=O) groups excluding carboxylic acids is 1. The molecule has 2 aromatic carbocycles. The van der Waals surface area contributed by atoms with Crippen LogP contribution in [-0.4, -0.2) is 18.1 Å². The third kappa shape index (κ3) is 3.98. The lowest BCUT2D eigenvalue weighted by molar-refractivity contribution is 0.0963. The molecule has 3 N–H and O–H groups in total. The van der Waals surface area contributed by atoms with Crippen molar-refractivity contribution >= 4 is 43.5 Å². The Hall–Kier alpha value is -1.53. The highest BCUT2D eigenvalue weighted by atomic mass is 79.9. The molecule has 2 aromatic rings. The number of hydrogen-bond acceptors (Lipinski definition) is 3. The van der Waals surface area contributed by atoms with Crippen LogP contribution in [0.5, 0.6) is 5.75 Å². The van der Waals surface area contributed by atoms with Crippen LogP contribution >= 0.6 is 31.9 Å². The fourth-order valence-corrected chi connectivity index (χ4v) is 3.12. The second kappa shape index (κ2) is 6.95. The van der Waals surface area contributed by atoms with Crippen molar-refractivity contribution in [2.75, 3.05) is 12.4 Å². The maximum Gasteiger partial charge on any atom is 0.251 e. The van der Waals surface area contributed by atoms with Gasteiger partial charge < -0.3 is 15.7 Å². The van der Waals surface area contributed by atoms with Gasteiger partial charge in [-0.1, -0.05) is 6.07 Å². The topological polar surface area (TPSA) is 61.4 Å². The summed E-state index contributed by atoms with van der Waals surface area (Å²) in [6, 6.07) is 11.0. The number of amides is 1. The van der Waals surface area contributed by atoms with E-state index in [0.29, 0.717) is 21.1 Å². The molecular weight excluding hydrogens is 400 g/mol. The number of hydrogen-bond donors (Lipinski definition) is 3. The van der Waals surface area contributed by atoms with E-state index < -0.39 is 0 Å². The predicted molar refractivity (Wildman–Crippen MR) is 90.7 cm³/mol. The quantitative estimate of drug-likeness (QED) is 0.712. The highest BCUT2D eigenvalue weighted by molar-refractivity contribution is 9.11. The van der Waals surface area contributed by atoms with E-state index in [2.05, 4.69) is 42.5 Å². The van der Waals surface area contributed by atoms with Gasteiger partial charge in [-0.3, -0.25) is 4.79 Å². The molecule has 6 heteroatoms. The van der Waals surface area contributed by atoms with Gasteiger partial charge in [0, 0.05) is 24.8 Å². The lowest BCUT2D eigenvalue weighted by Gasteiger charge is -2.10. The van der Waals surface area contributed by atoms with Gasteiger partial charge in [0.05, 0.1) is 8.95 Å². The third-order valence-corrected chi connectivity index (χ3v) is 4.13. The summed E-state index contributed by atoms with van der Waals surface area (Å²) in [6.45, 7) is 0.578. The Morgan fingerprint density at radius 3 is 2.48 bits per heavy atom. The molecule has 0 saturated carbocycles. The van der Waals surface area contributed by atoms with Crippen molar-refractivity contribution in [3.63, 3.8) is 0 Å². The van der Waals surface area contributed by atoms with Gasteiger partial charge in [0.1, 0.15) is 5.75 Å². The molecule has 0 radical (unpaired) electrons. The summed E-state index contributed by atoms with van der Waals surface area (Å²) in [5, 5.41) is 15.5. The normalized spacial score (nSPS) is 10.2.